The molecule has 0 aliphatic carbocycles. The molecule has 0 spiro atoms. The van der Waals surface area contributed by atoms with E-state index in [1.807, 2.05) is 47.2 Å². The molecule has 2 amide bonds. The number of carbonyl (C=O) groups excluding carboxylic acids is 1. The number of benzene rings is 3. The molecule has 1 unspecified atom stereocenters. The Labute approximate surface area is 193 Å². The van der Waals surface area contributed by atoms with Crippen LogP contribution in [0.25, 0.3) is 5.69 Å². The first kappa shape index (κ1) is 21.8. The summed E-state index contributed by atoms with van der Waals surface area (Å²) in [7, 11) is 0. The standard InChI is InChI=1S/C26H19F4N3O/c27-19-13-11-17(12-14-19)24-23-10-5-15-32(23)22-9-4-1-6-18(22)16-33(24)25(34)31-21-8-3-2-7-20(21)26(28,29)30/h1-15,24H,16H2,(H,31,34). The fraction of sp³-hybridized carbons (Fsp3) is 0.115. The van der Waals surface area contributed by atoms with E-state index in [1.165, 1.54) is 35.2 Å². The molecule has 3 aromatic carbocycles. The van der Waals surface area contributed by atoms with Gasteiger partial charge in [-0.05, 0) is 53.6 Å². The van der Waals surface area contributed by atoms with Crippen LogP contribution in [0.5, 0.6) is 0 Å². The molecule has 0 saturated heterocycles. The molecule has 4 nitrogen and oxygen atoms in total. The minimum atomic E-state index is -4.62. The molecule has 0 saturated carbocycles. The number of halogens is 4. The summed E-state index contributed by atoms with van der Waals surface area (Å²) in [6.45, 7) is 0.139. The zero-order valence-corrected chi connectivity index (χ0v) is 17.8. The number of nitrogens with one attached hydrogen (secondary N) is 1. The lowest BCUT2D eigenvalue weighted by Crippen LogP contribution is -2.38. The largest absolute Gasteiger partial charge is 0.418 e. The van der Waals surface area contributed by atoms with Crippen molar-refractivity contribution >= 4 is 11.7 Å². The summed E-state index contributed by atoms with van der Waals surface area (Å²) in [6, 6.07) is 20.5. The van der Waals surface area contributed by atoms with Crippen LogP contribution >= 0.6 is 0 Å². The van der Waals surface area contributed by atoms with Crippen LogP contribution in [0.15, 0.2) is 91.1 Å². The molecular weight excluding hydrogens is 446 g/mol. The Morgan fingerprint density at radius 2 is 1.59 bits per heavy atom. The van der Waals surface area contributed by atoms with E-state index in [2.05, 4.69) is 5.32 Å². The summed E-state index contributed by atoms with van der Waals surface area (Å²) in [5.74, 6) is -0.425. The van der Waals surface area contributed by atoms with Gasteiger partial charge in [0.1, 0.15) is 5.82 Å². The van der Waals surface area contributed by atoms with Gasteiger partial charge in [0.05, 0.1) is 29.5 Å². The monoisotopic (exact) mass is 465 g/mol. The highest BCUT2D eigenvalue weighted by molar-refractivity contribution is 5.91. The highest BCUT2D eigenvalue weighted by atomic mass is 19.4. The highest BCUT2D eigenvalue weighted by Crippen LogP contribution is 2.38. The van der Waals surface area contributed by atoms with E-state index in [9.17, 15) is 22.4 Å². The van der Waals surface area contributed by atoms with Gasteiger partial charge in [-0.15, -0.1) is 0 Å². The first-order chi connectivity index (χ1) is 16.3. The first-order valence-corrected chi connectivity index (χ1v) is 10.6. The minimum absolute atomic E-state index is 0.139. The Kier molecular flexibility index (Phi) is 5.36. The summed E-state index contributed by atoms with van der Waals surface area (Å²) in [4.78, 5) is 15.0. The van der Waals surface area contributed by atoms with Crippen LogP contribution in [0.1, 0.15) is 28.4 Å². The predicted molar refractivity (Wildman–Crippen MR) is 120 cm³/mol. The summed E-state index contributed by atoms with van der Waals surface area (Å²) in [6.07, 6.45) is -2.76. The molecule has 1 N–H and O–H groups in total. The van der Waals surface area contributed by atoms with Crippen molar-refractivity contribution in [1.29, 1.82) is 0 Å². The predicted octanol–water partition coefficient (Wildman–Crippen LogP) is 6.77. The molecule has 2 heterocycles. The molecule has 1 atom stereocenters. The van der Waals surface area contributed by atoms with Gasteiger partial charge < -0.3 is 14.8 Å². The van der Waals surface area contributed by atoms with Crippen LogP contribution in [0.4, 0.5) is 28.0 Å². The number of urea groups is 1. The van der Waals surface area contributed by atoms with Gasteiger partial charge >= 0.3 is 12.2 Å². The second-order valence-electron chi connectivity index (χ2n) is 7.99. The third kappa shape index (κ3) is 3.91. The van der Waals surface area contributed by atoms with Gasteiger partial charge in [-0.25, -0.2) is 9.18 Å². The van der Waals surface area contributed by atoms with Crippen molar-refractivity contribution in [3.8, 4) is 5.69 Å². The van der Waals surface area contributed by atoms with Crippen LogP contribution in [0.2, 0.25) is 0 Å². The normalized spacial score (nSPS) is 15.3. The molecule has 1 aliphatic heterocycles. The van der Waals surface area contributed by atoms with E-state index in [0.29, 0.717) is 5.56 Å². The number of hydrogen-bond donors (Lipinski definition) is 1. The molecule has 5 rings (SSSR count). The van der Waals surface area contributed by atoms with Gasteiger partial charge in [0.25, 0.3) is 0 Å². The van der Waals surface area contributed by atoms with Crippen molar-refractivity contribution in [2.75, 3.05) is 5.32 Å². The molecular formula is C26H19F4N3O. The average Bonchev–Trinajstić information content (AvgIpc) is 3.24. The molecule has 4 aromatic rings. The fourth-order valence-corrected chi connectivity index (χ4v) is 4.36. The Hall–Kier alpha value is -4.07. The molecule has 8 heteroatoms. The van der Waals surface area contributed by atoms with E-state index in [1.54, 1.807) is 12.1 Å². The summed E-state index contributed by atoms with van der Waals surface area (Å²) >= 11 is 0. The third-order valence-electron chi connectivity index (χ3n) is 5.88. The van der Waals surface area contributed by atoms with E-state index in [-0.39, 0.29) is 12.2 Å². The topological polar surface area (TPSA) is 37.3 Å². The molecule has 172 valence electrons. The van der Waals surface area contributed by atoms with Crippen molar-refractivity contribution in [3.63, 3.8) is 0 Å². The molecule has 0 bridgehead atoms. The number of carbonyl (C=O) groups is 1. The van der Waals surface area contributed by atoms with Gasteiger partial charge in [0.15, 0.2) is 0 Å². The number of nitrogens with zero attached hydrogens (tertiary/aromatic N) is 2. The Morgan fingerprint density at radius 1 is 0.882 bits per heavy atom. The van der Waals surface area contributed by atoms with Crippen molar-refractivity contribution < 1.29 is 22.4 Å². The van der Waals surface area contributed by atoms with Gasteiger partial charge in [-0.2, -0.15) is 13.2 Å². The first-order valence-electron chi connectivity index (χ1n) is 10.6. The maximum Gasteiger partial charge on any atom is 0.418 e. The van der Waals surface area contributed by atoms with E-state index in [0.717, 1.165) is 23.0 Å². The zero-order valence-electron chi connectivity index (χ0n) is 17.8. The van der Waals surface area contributed by atoms with Crippen molar-refractivity contribution in [3.05, 3.63) is 119 Å². The lowest BCUT2D eigenvalue weighted by atomic mass is 10.0. The Balaban J connectivity index is 1.62. The number of para-hydroxylation sites is 2. The quantitative estimate of drug-likeness (QED) is 0.326. The second-order valence-corrected chi connectivity index (χ2v) is 7.99. The fourth-order valence-electron chi connectivity index (χ4n) is 4.36. The zero-order chi connectivity index (χ0) is 23.9. The van der Waals surface area contributed by atoms with Crippen LogP contribution in [0, 0.1) is 5.82 Å². The minimum Gasteiger partial charge on any atom is -0.318 e. The maximum absolute atomic E-state index is 13.7. The van der Waals surface area contributed by atoms with Crippen molar-refractivity contribution in [1.82, 2.24) is 9.47 Å². The average molecular weight is 465 g/mol. The second kappa shape index (κ2) is 8.37. The number of anilines is 1. The van der Waals surface area contributed by atoms with Gasteiger partial charge in [0, 0.05) is 11.9 Å². The molecule has 1 aliphatic rings. The number of hydrogen-bond acceptors (Lipinski definition) is 1. The number of aromatic nitrogens is 1. The van der Waals surface area contributed by atoms with Crippen molar-refractivity contribution in [2.45, 2.75) is 18.8 Å². The summed E-state index contributed by atoms with van der Waals surface area (Å²) in [5, 5.41) is 2.46. The van der Waals surface area contributed by atoms with Gasteiger partial charge in [-0.3, -0.25) is 0 Å². The van der Waals surface area contributed by atoms with Crippen LogP contribution in [-0.2, 0) is 12.7 Å². The molecule has 34 heavy (non-hydrogen) atoms. The van der Waals surface area contributed by atoms with Gasteiger partial charge in [-0.1, -0.05) is 42.5 Å². The van der Waals surface area contributed by atoms with E-state index >= 15 is 0 Å². The SMILES string of the molecule is O=C(Nc1ccccc1C(F)(F)F)N1Cc2ccccc2-n2cccc2C1c1ccc(F)cc1. The molecule has 0 radical (unpaired) electrons. The van der Waals surface area contributed by atoms with Crippen LogP contribution in [-0.4, -0.2) is 15.5 Å². The van der Waals surface area contributed by atoms with Crippen LogP contribution < -0.4 is 5.32 Å². The molecule has 0 fully saturated rings. The maximum atomic E-state index is 13.7. The number of alkyl halides is 3. The Bertz CT molecular complexity index is 1340. The number of fused-ring (bicyclic) bond motifs is 3. The smallest absolute Gasteiger partial charge is 0.318 e. The molecule has 1 aromatic heterocycles. The Morgan fingerprint density at radius 3 is 2.35 bits per heavy atom. The number of amides is 2. The lowest BCUT2D eigenvalue weighted by molar-refractivity contribution is -0.136. The van der Waals surface area contributed by atoms with E-state index in [4.69, 9.17) is 0 Å². The van der Waals surface area contributed by atoms with Crippen molar-refractivity contribution in [2.24, 2.45) is 0 Å². The number of rotatable bonds is 2. The summed E-state index contributed by atoms with van der Waals surface area (Å²) in [5.41, 5.74) is 1.79. The lowest BCUT2D eigenvalue weighted by Gasteiger charge is -2.31. The highest BCUT2D eigenvalue weighted by Gasteiger charge is 2.36. The van der Waals surface area contributed by atoms with E-state index < -0.39 is 29.6 Å². The third-order valence-corrected chi connectivity index (χ3v) is 5.88. The summed E-state index contributed by atoms with van der Waals surface area (Å²) < 4.78 is 56.2. The van der Waals surface area contributed by atoms with Gasteiger partial charge in [0.2, 0.25) is 0 Å². The van der Waals surface area contributed by atoms with Crippen LogP contribution in [0.3, 0.4) is 0 Å².